The van der Waals surface area contributed by atoms with Crippen molar-refractivity contribution in [3.63, 3.8) is 0 Å². The number of rotatable bonds is 6. The lowest BCUT2D eigenvalue weighted by Gasteiger charge is -2.16. The molecule has 1 aromatic heterocycles. The summed E-state index contributed by atoms with van der Waals surface area (Å²) in [4.78, 5) is 1.03. The minimum atomic E-state index is -3.42. The van der Waals surface area contributed by atoms with E-state index in [1.807, 2.05) is 24.4 Å². The minimum Gasteiger partial charge on any atom is -0.398 e. The Labute approximate surface area is 123 Å². The van der Waals surface area contributed by atoms with Gasteiger partial charge < -0.3 is 5.73 Å². The Morgan fingerprint density at radius 3 is 2.60 bits per heavy atom. The third-order valence-electron chi connectivity index (χ3n) is 3.02. The molecule has 2 aromatic rings. The second kappa shape index (κ2) is 6.39. The van der Waals surface area contributed by atoms with Gasteiger partial charge in [0.1, 0.15) is 0 Å². The lowest BCUT2D eigenvalue weighted by atomic mass is 10.2. The summed E-state index contributed by atoms with van der Waals surface area (Å²) in [6, 6.07) is 10.7. The fourth-order valence-corrected chi connectivity index (χ4v) is 4.38. The van der Waals surface area contributed by atoms with Crippen molar-refractivity contribution in [2.24, 2.45) is 0 Å². The highest BCUT2D eigenvalue weighted by molar-refractivity contribution is 7.88. The van der Waals surface area contributed by atoms with Crippen LogP contribution in [0.2, 0.25) is 0 Å². The van der Waals surface area contributed by atoms with Crippen molar-refractivity contribution in [3.05, 3.63) is 52.2 Å². The summed E-state index contributed by atoms with van der Waals surface area (Å²) in [5.41, 5.74) is 6.92. The van der Waals surface area contributed by atoms with Crippen molar-refractivity contribution < 1.29 is 8.42 Å². The van der Waals surface area contributed by atoms with E-state index in [9.17, 15) is 8.42 Å². The zero-order valence-corrected chi connectivity index (χ0v) is 12.9. The molecule has 0 saturated carbocycles. The number of nitrogen functional groups attached to an aromatic ring is 1. The minimum absolute atomic E-state index is 0.0957. The van der Waals surface area contributed by atoms with E-state index in [0.29, 0.717) is 17.7 Å². The molecule has 3 N–H and O–H groups in total. The van der Waals surface area contributed by atoms with Crippen molar-refractivity contribution in [2.45, 2.75) is 25.1 Å². The molecule has 2 rings (SSSR count). The van der Waals surface area contributed by atoms with Crippen LogP contribution in [0, 0.1) is 0 Å². The van der Waals surface area contributed by atoms with Crippen molar-refractivity contribution in [1.82, 2.24) is 4.72 Å². The third kappa shape index (κ3) is 3.82. The molecule has 0 aliphatic carbocycles. The monoisotopic (exact) mass is 310 g/mol. The summed E-state index contributed by atoms with van der Waals surface area (Å²) in [6.07, 6.45) is 0.712. The summed E-state index contributed by atoms with van der Waals surface area (Å²) in [6.45, 7) is 1.96. The number of hydrogen-bond acceptors (Lipinski definition) is 4. The van der Waals surface area contributed by atoms with Gasteiger partial charge in [-0.25, -0.2) is 13.1 Å². The van der Waals surface area contributed by atoms with Gasteiger partial charge in [0.25, 0.3) is 0 Å². The number of sulfonamides is 1. The summed E-state index contributed by atoms with van der Waals surface area (Å²) in [5, 5.41) is 1.95. The lowest BCUT2D eigenvalue weighted by Crippen LogP contribution is -2.29. The topological polar surface area (TPSA) is 72.2 Å². The first-order valence-electron chi connectivity index (χ1n) is 6.38. The molecule has 20 heavy (non-hydrogen) atoms. The Bertz CT molecular complexity index is 652. The first-order chi connectivity index (χ1) is 9.52. The zero-order valence-electron chi connectivity index (χ0n) is 11.2. The van der Waals surface area contributed by atoms with Crippen molar-refractivity contribution in [1.29, 1.82) is 0 Å². The standard InChI is InChI=1S/C14H18N2O2S2/c1-2-13(14-8-5-9-19-14)16-20(17,18)10-11-6-3-4-7-12(11)15/h3-9,13,16H,2,10,15H2,1H3. The van der Waals surface area contributed by atoms with Crippen LogP contribution >= 0.6 is 11.3 Å². The molecule has 1 aromatic carbocycles. The molecule has 0 aliphatic rings. The first-order valence-corrected chi connectivity index (χ1v) is 8.92. The van der Waals surface area contributed by atoms with Gasteiger partial charge in [-0.15, -0.1) is 11.3 Å². The molecule has 1 atom stereocenters. The Morgan fingerprint density at radius 2 is 2.00 bits per heavy atom. The average molecular weight is 310 g/mol. The second-order valence-electron chi connectivity index (χ2n) is 4.55. The summed E-state index contributed by atoms with van der Waals surface area (Å²) in [5.74, 6) is -0.0957. The van der Waals surface area contributed by atoms with Crippen molar-refractivity contribution in [3.8, 4) is 0 Å². The number of anilines is 1. The number of thiophene rings is 1. The predicted octanol–water partition coefficient (Wildman–Crippen LogP) is 2.90. The summed E-state index contributed by atoms with van der Waals surface area (Å²) in [7, 11) is -3.42. The number of hydrogen-bond donors (Lipinski definition) is 2. The van der Waals surface area contributed by atoms with Crippen LogP contribution in [0.3, 0.4) is 0 Å². The van der Waals surface area contributed by atoms with E-state index in [1.165, 1.54) is 0 Å². The lowest BCUT2D eigenvalue weighted by molar-refractivity contribution is 0.552. The van der Waals surface area contributed by atoms with E-state index in [1.54, 1.807) is 35.6 Å². The Kier molecular flexibility index (Phi) is 4.80. The van der Waals surface area contributed by atoms with Gasteiger partial charge in [0.2, 0.25) is 10.0 Å². The number of nitrogens with two attached hydrogens (primary N) is 1. The SMILES string of the molecule is CCC(NS(=O)(=O)Cc1ccccc1N)c1cccs1. The number of para-hydroxylation sites is 1. The average Bonchev–Trinajstić information content (AvgIpc) is 2.92. The van der Waals surface area contributed by atoms with E-state index in [0.717, 1.165) is 4.88 Å². The fourth-order valence-electron chi connectivity index (χ4n) is 1.96. The molecule has 108 valence electrons. The quantitative estimate of drug-likeness (QED) is 0.806. The van der Waals surface area contributed by atoms with Gasteiger partial charge in [-0.05, 0) is 29.5 Å². The van der Waals surface area contributed by atoms with Gasteiger partial charge in [0.05, 0.1) is 11.8 Å². The normalized spacial score (nSPS) is 13.2. The molecular formula is C14H18N2O2S2. The Morgan fingerprint density at radius 1 is 1.25 bits per heavy atom. The first kappa shape index (κ1) is 15.0. The van der Waals surface area contributed by atoms with E-state index in [2.05, 4.69) is 4.72 Å². The van der Waals surface area contributed by atoms with Crippen LogP contribution in [0.5, 0.6) is 0 Å². The Balaban J connectivity index is 2.13. The molecule has 4 nitrogen and oxygen atoms in total. The van der Waals surface area contributed by atoms with Crippen LogP contribution in [0.15, 0.2) is 41.8 Å². The predicted molar refractivity (Wildman–Crippen MR) is 84.0 cm³/mol. The molecule has 0 radical (unpaired) electrons. The highest BCUT2D eigenvalue weighted by Crippen LogP contribution is 2.23. The van der Waals surface area contributed by atoms with Crippen molar-refractivity contribution in [2.75, 3.05) is 5.73 Å². The number of benzene rings is 1. The molecule has 1 unspecified atom stereocenters. The maximum Gasteiger partial charge on any atom is 0.216 e. The third-order valence-corrected chi connectivity index (χ3v) is 5.34. The highest BCUT2D eigenvalue weighted by Gasteiger charge is 2.20. The van der Waals surface area contributed by atoms with Gasteiger partial charge in [-0.2, -0.15) is 0 Å². The van der Waals surface area contributed by atoms with E-state index < -0.39 is 10.0 Å². The van der Waals surface area contributed by atoms with Gasteiger partial charge in [-0.1, -0.05) is 31.2 Å². The van der Waals surface area contributed by atoms with Crippen LogP contribution in [-0.2, 0) is 15.8 Å². The number of nitrogens with one attached hydrogen (secondary N) is 1. The van der Waals surface area contributed by atoms with Crippen LogP contribution in [0.1, 0.15) is 29.8 Å². The second-order valence-corrected chi connectivity index (χ2v) is 7.29. The maximum atomic E-state index is 12.3. The van der Waals surface area contributed by atoms with Crippen LogP contribution in [0.4, 0.5) is 5.69 Å². The molecule has 0 aliphatic heterocycles. The van der Waals surface area contributed by atoms with Crippen LogP contribution in [0.25, 0.3) is 0 Å². The van der Waals surface area contributed by atoms with Gasteiger partial charge in [0, 0.05) is 10.6 Å². The van der Waals surface area contributed by atoms with Crippen LogP contribution in [-0.4, -0.2) is 8.42 Å². The summed E-state index contributed by atoms with van der Waals surface area (Å²) < 4.78 is 27.3. The Hall–Kier alpha value is -1.37. The highest BCUT2D eigenvalue weighted by atomic mass is 32.2. The van der Waals surface area contributed by atoms with E-state index in [4.69, 9.17) is 5.73 Å². The zero-order chi connectivity index (χ0) is 14.6. The molecule has 6 heteroatoms. The molecule has 1 heterocycles. The van der Waals surface area contributed by atoms with Crippen molar-refractivity contribution >= 4 is 27.0 Å². The molecule has 0 bridgehead atoms. The van der Waals surface area contributed by atoms with Gasteiger partial charge >= 0.3 is 0 Å². The maximum absolute atomic E-state index is 12.3. The molecule has 0 saturated heterocycles. The molecule has 0 spiro atoms. The van der Waals surface area contributed by atoms with Gasteiger partial charge in [0.15, 0.2) is 0 Å². The fraction of sp³-hybridized carbons (Fsp3) is 0.286. The smallest absolute Gasteiger partial charge is 0.216 e. The van der Waals surface area contributed by atoms with Gasteiger partial charge in [-0.3, -0.25) is 0 Å². The molecule has 0 fully saturated rings. The molecular weight excluding hydrogens is 292 g/mol. The van der Waals surface area contributed by atoms with E-state index in [-0.39, 0.29) is 11.8 Å². The molecule has 0 amide bonds. The largest absolute Gasteiger partial charge is 0.398 e. The summed E-state index contributed by atoms with van der Waals surface area (Å²) >= 11 is 1.55. The van der Waals surface area contributed by atoms with E-state index >= 15 is 0 Å². The van der Waals surface area contributed by atoms with Crippen LogP contribution < -0.4 is 10.5 Å².